The van der Waals surface area contributed by atoms with Gasteiger partial charge >= 0.3 is 0 Å². The van der Waals surface area contributed by atoms with Crippen LogP contribution < -0.4 is 11.1 Å². The third-order valence-corrected chi connectivity index (χ3v) is 3.32. The maximum Gasteiger partial charge on any atom is 0.272 e. The van der Waals surface area contributed by atoms with Crippen molar-refractivity contribution >= 4 is 11.6 Å². The Labute approximate surface area is 100 Å². The van der Waals surface area contributed by atoms with Gasteiger partial charge in [-0.2, -0.15) is 0 Å². The van der Waals surface area contributed by atoms with Crippen LogP contribution in [0.3, 0.4) is 0 Å². The van der Waals surface area contributed by atoms with Gasteiger partial charge in [0.15, 0.2) is 5.69 Å². The second kappa shape index (κ2) is 4.71. The molecular formula is C12H17N3O2. The van der Waals surface area contributed by atoms with Crippen molar-refractivity contribution in [2.75, 3.05) is 19.4 Å². The zero-order valence-electron chi connectivity index (χ0n) is 9.90. The summed E-state index contributed by atoms with van der Waals surface area (Å²) in [5.41, 5.74) is 6.17. The topological polar surface area (TPSA) is 77.2 Å². The molecule has 1 aromatic rings. The maximum atomic E-state index is 11.9. The van der Waals surface area contributed by atoms with Crippen molar-refractivity contribution in [2.45, 2.75) is 24.9 Å². The minimum absolute atomic E-state index is 0.181. The second-order valence-electron chi connectivity index (χ2n) is 4.36. The summed E-state index contributed by atoms with van der Waals surface area (Å²) in [5.74, 6) is -0.244. The van der Waals surface area contributed by atoms with E-state index in [4.69, 9.17) is 10.5 Å². The van der Waals surface area contributed by atoms with Gasteiger partial charge in [-0.1, -0.05) is 0 Å². The van der Waals surface area contributed by atoms with E-state index in [9.17, 15) is 4.79 Å². The van der Waals surface area contributed by atoms with Gasteiger partial charge in [-0.05, 0) is 31.4 Å². The number of ether oxygens (including phenoxy) is 1. The van der Waals surface area contributed by atoms with Gasteiger partial charge < -0.3 is 15.8 Å². The Morgan fingerprint density at radius 3 is 2.94 bits per heavy atom. The molecule has 3 N–H and O–H groups in total. The van der Waals surface area contributed by atoms with Gasteiger partial charge in [-0.15, -0.1) is 0 Å². The molecule has 0 radical (unpaired) electrons. The molecule has 0 bridgehead atoms. The van der Waals surface area contributed by atoms with Crippen LogP contribution in [0.1, 0.15) is 29.8 Å². The van der Waals surface area contributed by atoms with Crippen molar-refractivity contribution in [1.29, 1.82) is 0 Å². The van der Waals surface area contributed by atoms with E-state index < -0.39 is 0 Å². The fourth-order valence-electron chi connectivity index (χ4n) is 1.96. The zero-order valence-corrected chi connectivity index (χ0v) is 9.90. The number of aromatic nitrogens is 1. The molecule has 1 heterocycles. The number of carbonyl (C=O) groups is 1. The summed E-state index contributed by atoms with van der Waals surface area (Å²) in [6.45, 7) is 0.512. The highest BCUT2D eigenvalue weighted by atomic mass is 16.5. The van der Waals surface area contributed by atoms with Crippen LogP contribution in [0.4, 0.5) is 5.69 Å². The summed E-state index contributed by atoms with van der Waals surface area (Å²) in [7, 11) is 1.68. The van der Waals surface area contributed by atoms with Crippen LogP contribution in [0.2, 0.25) is 0 Å². The summed E-state index contributed by atoms with van der Waals surface area (Å²) in [6.07, 6.45) is 4.68. The molecule has 17 heavy (non-hydrogen) atoms. The quantitative estimate of drug-likeness (QED) is 0.815. The van der Waals surface area contributed by atoms with E-state index in [0.717, 1.165) is 19.3 Å². The summed E-state index contributed by atoms with van der Waals surface area (Å²) < 4.78 is 5.42. The fraction of sp³-hybridized carbons (Fsp3) is 0.500. The zero-order chi connectivity index (χ0) is 12.3. The number of nitrogen functional groups attached to an aromatic ring is 1. The van der Waals surface area contributed by atoms with Gasteiger partial charge in [0.1, 0.15) is 0 Å². The number of rotatable bonds is 4. The number of nitrogens with two attached hydrogens (primary N) is 1. The van der Waals surface area contributed by atoms with E-state index in [2.05, 4.69) is 10.3 Å². The average molecular weight is 235 g/mol. The number of nitrogens with one attached hydrogen (secondary N) is 1. The predicted octanol–water partition coefficient (Wildman–Crippen LogP) is 0.963. The van der Waals surface area contributed by atoms with Crippen molar-refractivity contribution in [1.82, 2.24) is 10.3 Å². The third-order valence-electron chi connectivity index (χ3n) is 3.32. The standard InChI is InChI=1S/C12H17N3O2/c1-17-12(5-3-6-12)8-15-11(16)10-9(13)4-2-7-14-10/h2,4,7H,3,5-6,8,13H2,1H3,(H,15,16). The summed E-state index contributed by atoms with van der Waals surface area (Å²) in [4.78, 5) is 15.8. The van der Waals surface area contributed by atoms with E-state index in [1.165, 1.54) is 0 Å². The number of pyridine rings is 1. The number of hydrogen-bond donors (Lipinski definition) is 2. The second-order valence-corrected chi connectivity index (χ2v) is 4.36. The largest absolute Gasteiger partial charge is 0.397 e. The van der Waals surface area contributed by atoms with Gasteiger partial charge in [-0.3, -0.25) is 4.79 Å². The van der Waals surface area contributed by atoms with Crippen molar-refractivity contribution in [3.8, 4) is 0 Å². The molecule has 0 aromatic carbocycles. The van der Waals surface area contributed by atoms with Crippen molar-refractivity contribution in [3.63, 3.8) is 0 Å². The molecule has 1 aliphatic rings. The van der Waals surface area contributed by atoms with Crippen LogP contribution in [0.5, 0.6) is 0 Å². The van der Waals surface area contributed by atoms with E-state index in [0.29, 0.717) is 12.2 Å². The number of nitrogens with zero attached hydrogens (tertiary/aromatic N) is 1. The van der Waals surface area contributed by atoms with Crippen molar-refractivity contribution in [2.24, 2.45) is 0 Å². The summed E-state index contributed by atoms with van der Waals surface area (Å²) in [5, 5.41) is 2.83. The van der Waals surface area contributed by atoms with Gasteiger partial charge in [0.05, 0.1) is 11.3 Å². The lowest BCUT2D eigenvalue weighted by atomic mass is 9.80. The van der Waals surface area contributed by atoms with Gasteiger partial charge in [0.25, 0.3) is 5.91 Å². The molecule has 0 atom stereocenters. The van der Waals surface area contributed by atoms with E-state index in [1.807, 2.05) is 0 Å². The van der Waals surface area contributed by atoms with E-state index in [1.54, 1.807) is 25.4 Å². The lowest BCUT2D eigenvalue weighted by molar-refractivity contribution is -0.0679. The first-order chi connectivity index (χ1) is 8.17. The molecule has 1 fully saturated rings. The molecule has 0 unspecified atom stereocenters. The SMILES string of the molecule is COC1(CNC(=O)c2ncccc2N)CCC1. The molecule has 2 rings (SSSR count). The first-order valence-electron chi connectivity index (χ1n) is 5.71. The van der Waals surface area contributed by atoms with Gasteiger partial charge in [0.2, 0.25) is 0 Å². The van der Waals surface area contributed by atoms with Crippen LogP contribution in [0.25, 0.3) is 0 Å². The molecule has 5 nitrogen and oxygen atoms in total. The van der Waals surface area contributed by atoms with Gasteiger partial charge in [-0.25, -0.2) is 4.98 Å². The first-order valence-corrected chi connectivity index (χ1v) is 5.71. The molecule has 5 heteroatoms. The molecule has 92 valence electrons. The molecule has 1 amide bonds. The van der Waals surface area contributed by atoms with Crippen LogP contribution in [-0.4, -0.2) is 30.1 Å². The molecule has 0 aliphatic heterocycles. The predicted molar refractivity (Wildman–Crippen MR) is 64.6 cm³/mol. The van der Waals surface area contributed by atoms with Gasteiger partial charge in [0, 0.05) is 19.9 Å². The monoisotopic (exact) mass is 235 g/mol. The molecule has 0 spiro atoms. The van der Waals surface area contributed by atoms with Crippen LogP contribution in [0, 0.1) is 0 Å². The van der Waals surface area contributed by atoms with Crippen LogP contribution in [-0.2, 0) is 4.74 Å². The normalized spacial score (nSPS) is 17.2. The number of hydrogen-bond acceptors (Lipinski definition) is 4. The lowest BCUT2D eigenvalue weighted by Crippen LogP contribution is -2.49. The highest BCUT2D eigenvalue weighted by Crippen LogP contribution is 2.34. The first kappa shape index (κ1) is 11.9. The Bertz CT molecular complexity index is 410. The number of methoxy groups -OCH3 is 1. The minimum atomic E-state index is -0.244. The Kier molecular flexibility index (Phi) is 3.28. The highest BCUT2D eigenvalue weighted by molar-refractivity contribution is 5.97. The Hall–Kier alpha value is -1.62. The third kappa shape index (κ3) is 2.39. The molecule has 1 aromatic heterocycles. The van der Waals surface area contributed by atoms with Crippen molar-refractivity contribution in [3.05, 3.63) is 24.0 Å². The Morgan fingerprint density at radius 1 is 1.65 bits per heavy atom. The smallest absolute Gasteiger partial charge is 0.272 e. The lowest BCUT2D eigenvalue weighted by Gasteiger charge is -2.40. The molecule has 1 aliphatic carbocycles. The van der Waals surface area contributed by atoms with Crippen LogP contribution in [0.15, 0.2) is 18.3 Å². The number of amides is 1. The Morgan fingerprint density at radius 2 is 2.41 bits per heavy atom. The minimum Gasteiger partial charge on any atom is -0.397 e. The highest BCUT2D eigenvalue weighted by Gasteiger charge is 2.37. The molecule has 0 saturated heterocycles. The average Bonchev–Trinajstić information content (AvgIpc) is 2.28. The number of carbonyl (C=O) groups excluding carboxylic acids is 1. The van der Waals surface area contributed by atoms with E-state index in [-0.39, 0.29) is 17.2 Å². The summed E-state index contributed by atoms with van der Waals surface area (Å²) in [6, 6.07) is 3.37. The fourth-order valence-corrected chi connectivity index (χ4v) is 1.96. The van der Waals surface area contributed by atoms with Crippen LogP contribution >= 0.6 is 0 Å². The van der Waals surface area contributed by atoms with E-state index >= 15 is 0 Å². The Balaban J connectivity index is 1.96. The summed E-state index contributed by atoms with van der Waals surface area (Å²) >= 11 is 0. The van der Waals surface area contributed by atoms with Crippen molar-refractivity contribution < 1.29 is 9.53 Å². The number of anilines is 1. The molecule has 1 saturated carbocycles. The maximum absolute atomic E-state index is 11.9. The molecular weight excluding hydrogens is 218 g/mol.